The topological polar surface area (TPSA) is 82.1 Å². The first-order valence-corrected chi connectivity index (χ1v) is 10.9. The summed E-state index contributed by atoms with van der Waals surface area (Å²) < 4.78 is 34.1. The van der Waals surface area contributed by atoms with Crippen molar-refractivity contribution in [1.82, 2.24) is 14.5 Å². The van der Waals surface area contributed by atoms with E-state index in [-0.39, 0.29) is 30.1 Å². The zero-order chi connectivity index (χ0) is 20.9. The van der Waals surface area contributed by atoms with Gasteiger partial charge in [0.15, 0.2) is 0 Å². The maximum atomic E-state index is 13.3. The van der Waals surface area contributed by atoms with Gasteiger partial charge in [-0.15, -0.1) is 0 Å². The fourth-order valence-corrected chi connectivity index (χ4v) is 4.87. The Morgan fingerprint density at radius 3 is 2.75 bits per heavy atom. The number of sulfonamides is 1. The fourth-order valence-electron chi connectivity index (χ4n) is 3.05. The van der Waals surface area contributed by atoms with E-state index >= 15 is 0 Å². The van der Waals surface area contributed by atoms with Gasteiger partial charge in [-0.2, -0.15) is 4.31 Å². The Kier molecular flexibility index (Phi) is 7.87. The molecule has 1 heterocycles. The summed E-state index contributed by atoms with van der Waals surface area (Å²) in [5, 5.41) is 12.7. The van der Waals surface area contributed by atoms with Crippen LogP contribution in [-0.2, 0) is 10.0 Å². The van der Waals surface area contributed by atoms with Crippen LogP contribution in [-0.4, -0.2) is 82.3 Å². The number of likely N-dealkylation sites (N-methyl/N-ethyl adjacent to an activating group) is 1. The van der Waals surface area contributed by atoms with Crippen molar-refractivity contribution in [3.63, 3.8) is 0 Å². The van der Waals surface area contributed by atoms with Crippen LogP contribution in [0.3, 0.4) is 0 Å². The molecule has 0 unspecified atom stereocenters. The van der Waals surface area contributed by atoms with Gasteiger partial charge in [0.05, 0.1) is 13.2 Å². The molecule has 0 spiro atoms. The number of rotatable bonds is 5. The number of hydrogen-bond donors (Lipinski definition) is 2. The highest BCUT2D eigenvalue weighted by Gasteiger charge is 2.37. The molecule has 2 N–H and O–H groups in total. The first-order chi connectivity index (χ1) is 13.2. The molecular weight excluding hydrogens is 378 g/mol. The minimum atomic E-state index is -3.80. The monoisotopic (exact) mass is 409 g/mol. The third kappa shape index (κ3) is 5.25. The van der Waals surface area contributed by atoms with Crippen LogP contribution in [0.1, 0.15) is 19.4 Å². The second kappa shape index (κ2) is 9.72. The summed E-state index contributed by atoms with van der Waals surface area (Å²) in [5.41, 5.74) is 0.703. The van der Waals surface area contributed by atoms with Crippen molar-refractivity contribution in [2.75, 3.05) is 47.4 Å². The van der Waals surface area contributed by atoms with E-state index in [0.717, 1.165) is 0 Å². The first-order valence-electron chi connectivity index (χ1n) is 9.42. The molecule has 0 aliphatic carbocycles. The standard InChI is InChI=1S/C20H31N3O4S/c1-15-13-23(16(2)14-24)28(25,26)20-9-8-17(7-6-10-22(4)5)11-18(20)27-19(15)12-21-3/h8-9,11,15-16,19,21,24H,10,12-14H2,1-5H3/t15-,16-,19+/m1/s1. The fraction of sp³-hybridized carbons (Fsp3) is 0.600. The van der Waals surface area contributed by atoms with Crippen LogP contribution in [0.5, 0.6) is 5.75 Å². The van der Waals surface area contributed by atoms with Gasteiger partial charge in [-0.3, -0.25) is 4.90 Å². The molecule has 0 amide bonds. The van der Waals surface area contributed by atoms with E-state index in [2.05, 4.69) is 17.2 Å². The van der Waals surface area contributed by atoms with E-state index in [1.807, 2.05) is 33.0 Å². The summed E-state index contributed by atoms with van der Waals surface area (Å²) >= 11 is 0. The summed E-state index contributed by atoms with van der Waals surface area (Å²) in [7, 11) is 1.90. The van der Waals surface area contributed by atoms with Crippen molar-refractivity contribution in [1.29, 1.82) is 0 Å². The highest BCUT2D eigenvalue weighted by Crippen LogP contribution is 2.33. The molecule has 0 saturated carbocycles. The predicted molar refractivity (Wildman–Crippen MR) is 110 cm³/mol. The second-order valence-corrected chi connectivity index (χ2v) is 9.36. The van der Waals surface area contributed by atoms with Crippen LogP contribution in [0.25, 0.3) is 0 Å². The van der Waals surface area contributed by atoms with Gasteiger partial charge in [-0.05, 0) is 46.3 Å². The molecular formula is C20H31N3O4S. The van der Waals surface area contributed by atoms with Crippen molar-refractivity contribution in [2.24, 2.45) is 5.92 Å². The van der Waals surface area contributed by atoms with E-state index in [0.29, 0.717) is 24.4 Å². The molecule has 0 bridgehead atoms. The van der Waals surface area contributed by atoms with Gasteiger partial charge in [0.1, 0.15) is 16.7 Å². The molecule has 28 heavy (non-hydrogen) atoms. The number of fused-ring (bicyclic) bond motifs is 1. The van der Waals surface area contributed by atoms with Crippen molar-refractivity contribution >= 4 is 10.0 Å². The maximum Gasteiger partial charge on any atom is 0.247 e. The van der Waals surface area contributed by atoms with Crippen molar-refractivity contribution in [2.45, 2.75) is 30.9 Å². The molecule has 3 atom stereocenters. The zero-order valence-electron chi connectivity index (χ0n) is 17.3. The van der Waals surface area contributed by atoms with Crippen LogP contribution in [0.2, 0.25) is 0 Å². The molecule has 1 aliphatic heterocycles. The lowest BCUT2D eigenvalue weighted by Crippen LogP contribution is -2.49. The molecule has 0 radical (unpaired) electrons. The normalized spacial score (nSPS) is 23.0. The Morgan fingerprint density at radius 1 is 1.43 bits per heavy atom. The van der Waals surface area contributed by atoms with Gasteiger partial charge >= 0.3 is 0 Å². The highest BCUT2D eigenvalue weighted by atomic mass is 32.2. The third-order valence-electron chi connectivity index (χ3n) is 4.70. The quantitative estimate of drug-likeness (QED) is 0.693. The number of aliphatic hydroxyl groups is 1. The lowest BCUT2D eigenvalue weighted by atomic mass is 10.0. The minimum Gasteiger partial charge on any atom is -0.487 e. The average molecular weight is 410 g/mol. The molecule has 156 valence electrons. The molecule has 7 nitrogen and oxygen atoms in total. The van der Waals surface area contributed by atoms with Crippen LogP contribution in [0.4, 0.5) is 0 Å². The Bertz CT molecular complexity index is 830. The third-order valence-corrected chi connectivity index (χ3v) is 6.72. The van der Waals surface area contributed by atoms with E-state index in [9.17, 15) is 13.5 Å². The van der Waals surface area contributed by atoms with Crippen molar-refractivity contribution in [3.8, 4) is 17.6 Å². The molecule has 0 fully saturated rings. The molecule has 8 heteroatoms. The van der Waals surface area contributed by atoms with Crippen LogP contribution < -0.4 is 10.1 Å². The van der Waals surface area contributed by atoms with Gasteiger partial charge < -0.3 is 15.2 Å². The van der Waals surface area contributed by atoms with Gasteiger partial charge in [-0.1, -0.05) is 18.8 Å². The van der Waals surface area contributed by atoms with Gasteiger partial charge in [-0.25, -0.2) is 8.42 Å². The SMILES string of the molecule is CNC[C@@H]1Oc2cc(C#CCN(C)C)ccc2S(=O)(=O)N([C@H](C)CO)C[C@H]1C. The predicted octanol–water partition coefficient (Wildman–Crippen LogP) is 0.588. The summed E-state index contributed by atoms with van der Waals surface area (Å²) in [6, 6.07) is 4.42. The van der Waals surface area contributed by atoms with Gasteiger partial charge in [0.2, 0.25) is 10.0 Å². The number of nitrogens with one attached hydrogen (secondary N) is 1. The number of ether oxygens (including phenoxy) is 1. The maximum absolute atomic E-state index is 13.3. The highest BCUT2D eigenvalue weighted by molar-refractivity contribution is 7.89. The number of nitrogens with zero attached hydrogens (tertiary/aromatic N) is 2. The summed E-state index contributed by atoms with van der Waals surface area (Å²) in [5.74, 6) is 6.35. The van der Waals surface area contributed by atoms with Crippen molar-refractivity contribution < 1.29 is 18.3 Å². The molecule has 1 aliphatic rings. The summed E-state index contributed by atoms with van der Waals surface area (Å²) in [4.78, 5) is 2.07. The molecule has 1 aromatic rings. The average Bonchev–Trinajstić information content (AvgIpc) is 2.63. The van der Waals surface area contributed by atoms with E-state index in [1.165, 1.54) is 4.31 Å². The zero-order valence-corrected chi connectivity index (χ0v) is 18.1. The molecule has 2 rings (SSSR count). The molecule has 0 saturated heterocycles. The second-order valence-electron chi connectivity index (χ2n) is 7.50. The number of hydrogen-bond acceptors (Lipinski definition) is 6. The number of aliphatic hydroxyl groups excluding tert-OH is 1. The Balaban J connectivity index is 2.54. The summed E-state index contributed by atoms with van der Waals surface area (Å²) in [6.07, 6.45) is -0.211. The van der Waals surface area contributed by atoms with E-state index in [4.69, 9.17) is 4.74 Å². The largest absolute Gasteiger partial charge is 0.487 e. The van der Waals surface area contributed by atoms with Gasteiger partial charge in [0, 0.05) is 30.6 Å². The van der Waals surface area contributed by atoms with Gasteiger partial charge in [0.25, 0.3) is 0 Å². The Labute approximate surface area is 168 Å². The molecule has 1 aromatic carbocycles. The summed E-state index contributed by atoms with van der Waals surface area (Å²) in [6.45, 7) is 4.89. The van der Waals surface area contributed by atoms with Crippen LogP contribution in [0.15, 0.2) is 23.1 Å². The van der Waals surface area contributed by atoms with Crippen molar-refractivity contribution in [3.05, 3.63) is 23.8 Å². The molecule has 0 aromatic heterocycles. The lowest BCUT2D eigenvalue weighted by Gasteiger charge is -2.36. The van der Waals surface area contributed by atoms with E-state index in [1.54, 1.807) is 25.1 Å². The minimum absolute atomic E-state index is 0.0622. The Hall–Kier alpha value is -1.63. The Morgan fingerprint density at radius 2 is 2.14 bits per heavy atom. The van der Waals surface area contributed by atoms with Crippen LogP contribution >= 0.6 is 0 Å². The lowest BCUT2D eigenvalue weighted by molar-refractivity contribution is 0.103. The smallest absolute Gasteiger partial charge is 0.247 e. The van der Waals surface area contributed by atoms with Crippen LogP contribution in [0, 0.1) is 17.8 Å². The number of benzene rings is 1. The first kappa shape index (κ1) is 22.7. The van der Waals surface area contributed by atoms with E-state index < -0.39 is 16.1 Å².